The van der Waals surface area contributed by atoms with Gasteiger partial charge in [0, 0.05) is 13.0 Å². The van der Waals surface area contributed by atoms with Crippen LogP contribution in [0.25, 0.3) is 0 Å². The van der Waals surface area contributed by atoms with Crippen LogP contribution in [0.5, 0.6) is 0 Å². The first-order chi connectivity index (χ1) is 9.97. The quantitative estimate of drug-likeness (QED) is 0.725. The Hall–Kier alpha value is -1.06. The minimum Gasteiger partial charge on any atom is -0.393 e. The van der Waals surface area contributed by atoms with Gasteiger partial charge in [0.05, 0.1) is 35.8 Å². The first kappa shape index (κ1) is 16.3. The number of thiocarbonyl (C=S) groups is 1. The maximum absolute atomic E-state index is 12.2. The number of rotatable bonds is 6. The predicted molar refractivity (Wildman–Crippen MR) is 82.7 cm³/mol. The van der Waals surface area contributed by atoms with Crippen LogP contribution in [-0.2, 0) is 25.9 Å². The standard InChI is InChI=1S/C13H18N2O4S2/c14-13(20)7-10-1-3-12(4-2-10)21(16,17)15-8-11-9-18-5-6-19-11/h1-4,11,15H,5-9H2,(H2,14,20). The molecule has 1 fully saturated rings. The highest BCUT2D eigenvalue weighted by molar-refractivity contribution is 7.89. The number of sulfonamides is 1. The summed E-state index contributed by atoms with van der Waals surface area (Å²) in [7, 11) is -3.55. The number of hydrogen-bond acceptors (Lipinski definition) is 5. The van der Waals surface area contributed by atoms with Crippen molar-refractivity contribution >= 4 is 27.2 Å². The summed E-state index contributed by atoms with van der Waals surface area (Å²) in [6, 6.07) is 6.48. The molecule has 1 atom stereocenters. The van der Waals surface area contributed by atoms with E-state index in [1.54, 1.807) is 12.1 Å². The summed E-state index contributed by atoms with van der Waals surface area (Å²) in [4.78, 5) is 0.573. The van der Waals surface area contributed by atoms with Crippen LogP contribution < -0.4 is 10.5 Å². The lowest BCUT2D eigenvalue weighted by Gasteiger charge is -2.23. The summed E-state index contributed by atoms with van der Waals surface area (Å²) in [6.07, 6.45) is 0.207. The molecule has 0 radical (unpaired) electrons. The van der Waals surface area contributed by atoms with E-state index < -0.39 is 10.0 Å². The molecular weight excluding hydrogens is 312 g/mol. The third-order valence-electron chi connectivity index (χ3n) is 3.00. The molecule has 2 rings (SSSR count). The zero-order chi connectivity index (χ0) is 15.3. The predicted octanol–water partition coefficient (Wildman–Crippen LogP) is 0.209. The van der Waals surface area contributed by atoms with E-state index in [4.69, 9.17) is 27.4 Å². The zero-order valence-electron chi connectivity index (χ0n) is 11.4. The van der Waals surface area contributed by atoms with Crippen molar-refractivity contribution in [3.05, 3.63) is 29.8 Å². The molecule has 8 heteroatoms. The summed E-state index contributed by atoms with van der Waals surface area (Å²) in [5, 5.41) is 0. The molecule has 0 aromatic heterocycles. The van der Waals surface area contributed by atoms with Gasteiger partial charge in [0.25, 0.3) is 0 Å². The summed E-state index contributed by atoms with van der Waals surface area (Å²) in [5.74, 6) is 0. The van der Waals surface area contributed by atoms with Gasteiger partial charge in [0.1, 0.15) is 0 Å². The minimum absolute atomic E-state index is 0.191. The van der Waals surface area contributed by atoms with Crippen molar-refractivity contribution in [1.29, 1.82) is 0 Å². The van der Waals surface area contributed by atoms with E-state index in [0.717, 1.165) is 5.56 Å². The minimum atomic E-state index is -3.55. The van der Waals surface area contributed by atoms with E-state index in [2.05, 4.69) is 4.72 Å². The van der Waals surface area contributed by atoms with Crippen LogP contribution in [0.3, 0.4) is 0 Å². The van der Waals surface area contributed by atoms with E-state index >= 15 is 0 Å². The van der Waals surface area contributed by atoms with Crippen LogP contribution in [0, 0.1) is 0 Å². The Morgan fingerprint density at radius 3 is 2.62 bits per heavy atom. The van der Waals surface area contributed by atoms with Gasteiger partial charge in [0.15, 0.2) is 0 Å². The van der Waals surface area contributed by atoms with E-state index in [1.807, 2.05) is 0 Å². The molecule has 116 valence electrons. The highest BCUT2D eigenvalue weighted by Gasteiger charge is 2.19. The molecule has 1 unspecified atom stereocenters. The highest BCUT2D eigenvalue weighted by atomic mass is 32.2. The first-order valence-corrected chi connectivity index (χ1v) is 8.43. The molecular formula is C13H18N2O4S2. The van der Waals surface area contributed by atoms with Crippen molar-refractivity contribution in [2.24, 2.45) is 5.73 Å². The molecule has 6 nitrogen and oxygen atoms in total. The Morgan fingerprint density at radius 2 is 2.05 bits per heavy atom. The average molecular weight is 330 g/mol. The third-order valence-corrected chi connectivity index (χ3v) is 4.58. The molecule has 0 bridgehead atoms. The second-order valence-corrected chi connectivity index (χ2v) is 7.00. The van der Waals surface area contributed by atoms with Crippen LogP contribution in [0.15, 0.2) is 29.2 Å². The van der Waals surface area contributed by atoms with Crippen LogP contribution >= 0.6 is 12.2 Å². The number of ether oxygens (including phenoxy) is 2. The van der Waals surface area contributed by atoms with Crippen molar-refractivity contribution in [2.45, 2.75) is 17.4 Å². The molecule has 0 amide bonds. The Kier molecular flexibility index (Phi) is 5.65. The Labute approximate surface area is 129 Å². The number of benzene rings is 1. The Morgan fingerprint density at radius 1 is 1.33 bits per heavy atom. The van der Waals surface area contributed by atoms with Gasteiger partial charge in [-0.1, -0.05) is 24.4 Å². The largest absolute Gasteiger partial charge is 0.393 e. The van der Waals surface area contributed by atoms with E-state index in [1.165, 1.54) is 12.1 Å². The third kappa shape index (κ3) is 5.01. The summed E-state index contributed by atoms with van der Waals surface area (Å²) >= 11 is 4.82. The van der Waals surface area contributed by atoms with E-state index in [0.29, 0.717) is 31.2 Å². The first-order valence-electron chi connectivity index (χ1n) is 6.53. The van der Waals surface area contributed by atoms with Gasteiger partial charge in [0.2, 0.25) is 10.0 Å². The van der Waals surface area contributed by atoms with Gasteiger partial charge in [-0.25, -0.2) is 13.1 Å². The van der Waals surface area contributed by atoms with Gasteiger partial charge < -0.3 is 15.2 Å². The second kappa shape index (κ2) is 7.28. The maximum Gasteiger partial charge on any atom is 0.240 e. The Bertz CT molecular complexity index is 581. The number of nitrogens with two attached hydrogens (primary N) is 1. The molecule has 0 spiro atoms. The molecule has 1 aromatic rings. The Balaban J connectivity index is 1.96. The smallest absolute Gasteiger partial charge is 0.240 e. The molecule has 0 aliphatic carbocycles. The molecule has 1 aliphatic heterocycles. The van der Waals surface area contributed by atoms with Crippen molar-refractivity contribution in [2.75, 3.05) is 26.4 Å². The molecule has 21 heavy (non-hydrogen) atoms. The lowest BCUT2D eigenvalue weighted by Crippen LogP contribution is -2.39. The van der Waals surface area contributed by atoms with Crippen LogP contribution in [0.4, 0.5) is 0 Å². The fourth-order valence-corrected chi connectivity index (χ4v) is 3.16. The lowest BCUT2D eigenvalue weighted by atomic mass is 10.1. The summed E-state index contributed by atoms with van der Waals surface area (Å²) < 4.78 is 37.4. The SMILES string of the molecule is NC(=S)Cc1ccc(S(=O)(=O)NCC2COCCO2)cc1. The summed E-state index contributed by atoms with van der Waals surface area (Å²) in [6.45, 7) is 1.63. The van der Waals surface area contributed by atoms with Crippen LogP contribution in [-0.4, -0.2) is 45.9 Å². The van der Waals surface area contributed by atoms with Crippen molar-refractivity contribution in [3.8, 4) is 0 Å². The van der Waals surface area contributed by atoms with Crippen LogP contribution in [0.1, 0.15) is 5.56 Å². The fourth-order valence-electron chi connectivity index (χ4n) is 1.93. The second-order valence-electron chi connectivity index (χ2n) is 4.71. The highest BCUT2D eigenvalue weighted by Crippen LogP contribution is 2.11. The van der Waals surface area contributed by atoms with E-state index in [-0.39, 0.29) is 17.5 Å². The molecule has 0 saturated carbocycles. The van der Waals surface area contributed by atoms with Crippen molar-refractivity contribution < 1.29 is 17.9 Å². The fraction of sp³-hybridized carbons (Fsp3) is 0.462. The molecule has 1 aromatic carbocycles. The monoisotopic (exact) mass is 330 g/mol. The van der Waals surface area contributed by atoms with E-state index in [9.17, 15) is 8.42 Å². The molecule has 1 heterocycles. The van der Waals surface area contributed by atoms with Gasteiger partial charge in [-0.3, -0.25) is 0 Å². The molecule has 1 aliphatic rings. The van der Waals surface area contributed by atoms with Crippen molar-refractivity contribution in [1.82, 2.24) is 4.72 Å². The number of nitrogens with one attached hydrogen (secondary N) is 1. The normalized spacial score (nSPS) is 19.3. The van der Waals surface area contributed by atoms with Gasteiger partial charge in [-0.2, -0.15) is 0 Å². The maximum atomic E-state index is 12.2. The van der Waals surface area contributed by atoms with Crippen molar-refractivity contribution in [3.63, 3.8) is 0 Å². The van der Waals surface area contributed by atoms with Gasteiger partial charge in [-0.05, 0) is 17.7 Å². The van der Waals surface area contributed by atoms with Gasteiger partial charge >= 0.3 is 0 Å². The average Bonchev–Trinajstić information content (AvgIpc) is 2.46. The topological polar surface area (TPSA) is 90.7 Å². The molecule has 3 N–H and O–H groups in total. The number of hydrogen-bond donors (Lipinski definition) is 2. The zero-order valence-corrected chi connectivity index (χ0v) is 13.1. The van der Waals surface area contributed by atoms with Crippen LogP contribution in [0.2, 0.25) is 0 Å². The molecule has 1 saturated heterocycles. The summed E-state index contributed by atoms with van der Waals surface area (Å²) in [5.41, 5.74) is 6.33. The van der Waals surface area contributed by atoms with Gasteiger partial charge in [-0.15, -0.1) is 0 Å². The lowest BCUT2D eigenvalue weighted by molar-refractivity contribution is -0.0846.